The van der Waals surface area contributed by atoms with Gasteiger partial charge in [-0.3, -0.25) is 9.36 Å². The van der Waals surface area contributed by atoms with Crippen molar-refractivity contribution in [3.05, 3.63) is 42.5 Å². The summed E-state index contributed by atoms with van der Waals surface area (Å²) in [6.07, 6.45) is 3.45. The highest BCUT2D eigenvalue weighted by atomic mass is 32.2. The van der Waals surface area contributed by atoms with E-state index in [0.29, 0.717) is 18.3 Å². The van der Waals surface area contributed by atoms with Crippen molar-refractivity contribution in [2.45, 2.75) is 50.6 Å². The molecule has 2 aromatic rings. The summed E-state index contributed by atoms with van der Waals surface area (Å²) in [7, 11) is 0. The molecule has 0 fully saturated rings. The lowest BCUT2D eigenvalue weighted by molar-refractivity contribution is -0.142. The van der Waals surface area contributed by atoms with Gasteiger partial charge in [0.25, 0.3) is 0 Å². The van der Waals surface area contributed by atoms with Gasteiger partial charge in [0.05, 0.1) is 6.61 Å². The minimum atomic E-state index is -0.275. The van der Waals surface area contributed by atoms with E-state index in [9.17, 15) is 4.79 Å². The predicted molar refractivity (Wildman–Crippen MR) is 102 cm³/mol. The average Bonchev–Trinajstić information content (AvgIpc) is 2.98. The van der Waals surface area contributed by atoms with Gasteiger partial charge in [0.1, 0.15) is 5.25 Å². The van der Waals surface area contributed by atoms with Gasteiger partial charge in [-0.25, -0.2) is 0 Å². The van der Waals surface area contributed by atoms with Gasteiger partial charge in [0.2, 0.25) is 0 Å². The van der Waals surface area contributed by atoms with Crippen molar-refractivity contribution in [1.82, 2.24) is 14.8 Å². The normalized spacial score (nSPS) is 12.0. The molecule has 0 N–H and O–H groups in total. The van der Waals surface area contributed by atoms with Gasteiger partial charge in [-0.05, 0) is 26.3 Å². The number of carbonyl (C=O) groups excluding carboxylic acids is 1. The van der Waals surface area contributed by atoms with Crippen LogP contribution in [0.15, 0.2) is 42.1 Å². The molecule has 6 heteroatoms. The van der Waals surface area contributed by atoms with Gasteiger partial charge >= 0.3 is 5.97 Å². The highest BCUT2D eigenvalue weighted by Crippen LogP contribution is 2.29. The number of allylic oxidation sites excluding steroid dienone is 1. The SMILES string of the molecule is C=CCn1c(S[C@H](CCC)C(=O)OCC)nnc1-c1cccc(C)c1. The Kier molecular flexibility index (Phi) is 7.25. The zero-order valence-corrected chi connectivity index (χ0v) is 15.9. The first-order valence-corrected chi connectivity index (χ1v) is 9.43. The van der Waals surface area contributed by atoms with Crippen LogP contribution < -0.4 is 0 Å². The zero-order chi connectivity index (χ0) is 18.2. The van der Waals surface area contributed by atoms with Crippen molar-refractivity contribution < 1.29 is 9.53 Å². The maximum Gasteiger partial charge on any atom is 0.319 e. The first-order chi connectivity index (χ1) is 12.1. The summed E-state index contributed by atoms with van der Waals surface area (Å²) in [5.74, 6) is 0.588. The van der Waals surface area contributed by atoms with Crippen molar-refractivity contribution in [3.63, 3.8) is 0 Å². The quantitative estimate of drug-likeness (QED) is 0.380. The van der Waals surface area contributed by atoms with E-state index in [1.807, 2.05) is 42.7 Å². The molecule has 0 unspecified atom stereocenters. The lowest BCUT2D eigenvalue weighted by Crippen LogP contribution is -2.21. The van der Waals surface area contributed by atoms with E-state index in [0.717, 1.165) is 29.8 Å². The molecule has 0 aliphatic rings. The minimum absolute atomic E-state index is 0.195. The van der Waals surface area contributed by atoms with Crippen LogP contribution in [0, 0.1) is 6.92 Å². The number of hydrogen-bond acceptors (Lipinski definition) is 5. The lowest BCUT2D eigenvalue weighted by atomic mass is 10.1. The lowest BCUT2D eigenvalue weighted by Gasteiger charge is -2.14. The van der Waals surface area contributed by atoms with Gasteiger partial charge in [0, 0.05) is 12.1 Å². The molecule has 2 rings (SSSR count). The fourth-order valence-electron chi connectivity index (χ4n) is 2.52. The Bertz CT molecular complexity index is 727. The van der Waals surface area contributed by atoms with Gasteiger partial charge in [-0.15, -0.1) is 16.8 Å². The van der Waals surface area contributed by atoms with E-state index < -0.39 is 0 Å². The molecule has 1 heterocycles. The van der Waals surface area contributed by atoms with Gasteiger partial charge in [0.15, 0.2) is 11.0 Å². The second-order valence-electron chi connectivity index (χ2n) is 5.72. The zero-order valence-electron chi connectivity index (χ0n) is 15.1. The molecule has 1 atom stereocenters. The van der Waals surface area contributed by atoms with Crippen molar-refractivity contribution in [1.29, 1.82) is 0 Å². The standard InChI is InChI=1S/C19H25N3O2S/c1-5-9-16(18(23)24-7-3)25-19-21-20-17(22(19)12-6-2)15-11-8-10-14(4)13-15/h6,8,10-11,13,16H,2,5,7,9,12H2,1,3-4H3/t16-/m1/s1. The smallest absolute Gasteiger partial charge is 0.319 e. The van der Waals surface area contributed by atoms with Crippen LogP contribution in [0.1, 0.15) is 32.3 Å². The molecule has 0 spiro atoms. The summed E-state index contributed by atoms with van der Waals surface area (Å²) in [6, 6.07) is 8.14. The Hall–Kier alpha value is -2.08. The number of carbonyl (C=O) groups is 1. The van der Waals surface area contributed by atoms with E-state index in [4.69, 9.17) is 4.74 Å². The molecule has 0 aliphatic heterocycles. The molecule has 1 aromatic heterocycles. The molecule has 5 nitrogen and oxygen atoms in total. The van der Waals surface area contributed by atoms with Crippen LogP contribution in [0.4, 0.5) is 0 Å². The third kappa shape index (κ3) is 4.95. The number of aromatic nitrogens is 3. The Labute approximate surface area is 153 Å². The third-order valence-corrected chi connectivity index (χ3v) is 4.88. The number of hydrogen-bond donors (Lipinski definition) is 0. The summed E-state index contributed by atoms with van der Waals surface area (Å²) in [4.78, 5) is 12.2. The summed E-state index contributed by atoms with van der Waals surface area (Å²) in [5.41, 5.74) is 2.17. The van der Waals surface area contributed by atoms with E-state index in [-0.39, 0.29) is 11.2 Å². The number of aryl methyl sites for hydroxylation is 1. The number of esters is 1. The van der Waals surface area contributed by atoms with Crippen LogP contribution in [-0.4, -0.2) is 32.6 Å². The van der Waals surface area contributed by atoms with E-state index >= 15 is 0 Å². The molecule has 1 aromatic carbocycles. The summed E-state index contributed by atoms with van der Waals surface area (Å²) < 4.78 is 7.19. The summed E-state index contributed by atoms with van der Waals surface area (Å²) in [6.45, 7) is 10.7. The molecular weight excluding hydrogens is 334 g/mol. The van der Waals surface area contributed by atoms with Crippen molar-refractivity contribution >= 4 is 17.7 Å². The Balaban J connectivity index is 2.34. The summed E-state index contributed by atoms with van der Waals surface area (Å²) >= 11 is 1.41. The monoisotopic (exact) mass is 359 g/mol. The first kappa shape index (κ1) is 19.2. The molecule has 0 aliphatic carbocycles. The van der Waals surface area contributed by atoms with E-state index in [2.05, 4.69) is 29.8 Å². The largest absolute Gasteiger partial charge is 0.465 e. The van der Waals surface area contributed by atoms with E-state index in [1.165, 1.54) is 11.8 Å². The fourth-order valence-corrected chi connectivity index (χ4v) is 3.67. The predicted octanol–water partition coefficient (Wildman–Crippen LogP) is 4.26. The fraction of sp³-hybridized carbons (Fsp3) is 0.421. The minimum Gasteiger partial charge on any atom is -0.465 e. The molecule has 0 amide bonds. The van der Waals surface area contributed by atoms with Crippen molar-refractivity contribution in [3.8, 4) is 11.4 Å². The van der Waals surface area contributed by atoms with Crippen LogP contribution in [0.5, 0.6) is 0 Å². The summed E-state index contributed by atoms with van der Waals surface area (Å²) in [5, 5.41) is 9.12. The molecule has 0 saturated carbocycles. The molecule has 0 radical (unpaired) electrons. The third-order valence-electron chi connectivity index (χ3n) is 3.65. The second kappa shape index (κ2) is 9.42. The Morgan fingerprint density at radius 3 is 2.84 bits per heavy atom. The number of ether oxygens (including phenoxy) is 1. The number of thioether (sulfide) groups is 1. The maximum absolute atomic E-state index is 12.2. The molecule has 0 saturated heterocycles. The van der Waals surface area contributed by atoms with Gasteiger partial charge < -0.3 is 4.74 Å². The van der Waals surface area contributed by atoms with Crippen LogP contribution in [-0.2, 0) is 16.1 Å². The van der Waals surface area contributed by atoms with Gasteiger partial charge in [-0.1, -0.05) is 54.9 Å². The topological polar surface area (TPSA) is 57.0 Å². The molecule has 0 bridgehead atoms. The van der Waals surface area contributed by atoms with E-state index in [1.54, 1.807) is 0 Å². The molecule has 25 heavy (non-hydrogen) atoms. The molecular formula is C19H25N3O2S. The van der Waals surface area contributed by atoms with Crippen LogP contribution in [0.3, 0.4) is 0 Å². The van der Waals surface area contributed by atoms with Crippen molar-refractivity contribution in [2.75, 3.05) is 6.61 Å². The maximum atomic E-state index is 12.2. The van der Waals surface area contributed by atoms with Gasteiger partial charge in [-0.2, -0.15) is 0 Å². The Morgan fingerprint density at radius 1 is 1.40 bits per heavy atom. The highest BCUT2D eigenvalue weighted by Gasteiger charge is 2.24. The average molecular weight is 359 g/mol. The number of benzene rings is 1. The number of nitrogens with zero attached hydrogens (tertiary/aromatic N) is 3. The second-order valence-corrected chi connectivity index (χ2v) is 6.89. The van der Waals surface area contributed by atoms with Crippen LogP contribution >= 0.6 is 11.8 Å². The van der Waals surface area contributed by atoms with Crippen LogP contribution in [0.25, 0.3) is 11.4 Å². The Morgan fingerprint density at radius 2 is 2.20 bits per heavy atom. The number of rotatable bonds is 9. The highest BCUT2D eigenvalue weighted by molar-refractivity contribution is 8.00. The molecule has 134 valence electrons. The van der Waals surface area contributed by atoms with Crippen LogP contribution in [0.2, 0.25) is 0 Å². The van der Waals surface area contributed by atoms with Crippen molar-refractivity contribution in [2.24, 2.45) is 0 Å². The first-order valence-electron chi connectivity index (χ1n) is 8.55.